The van der Waals surface area contributed by atoms with E-state index in [-0.39, 0.29) is 77.5 Å². The molecule has 2 aromatic carbocycles. The zero-order chi connectivity index (χ0) is 41.0. The van der Waals surface area contributed by atoms with Crippen LogP contribution < -0.4 is 39.4 Å². The number of benzene rings is 2. The van der Waals surface area contributed by atoms with Gasteiger partial charge in [0.25, 0.3) is 0 Å². The van der Waals surface area contributed by atoms with Crippen LogP contribution in [0.2, 0.25) is 5.02 Å². The van der Waals surface area contributed by atoms with Crippen LogP contribution in [0.25, 0.3) is 0 Å². The molecule has 0 amide bonds. The molecule has 0 unspecified atom stereocenters. The Hall–Kier alpha value is -3.03. The van der Waals surface area contributed by atoms with Crippen molar-refractivity contribution in [2.24, 2.45) is 23.7 Å². The Morgan fingerprint density at radius 2 is 1.55 bits per heavy atom. The summed E-state index contributed by atoms with van der Waals surface area (Å²) in [4.78, 5) is 47.5. The zero-order valence-corrected chi connectivity index (χ0v) is 36.5. The number of carbonyl (C=O) groups excluding carboxylic acids is 4. The second-order valence-corrected chi connectivity index (χ2v) is 15.7. The Balaban J connectivity index is 0.000000386. The molecule has 2 aromatic rings. The maximum Gasteiger partial charge on any atom is 1.00 e. The third kappa shape index (κ3) is 15.0. The number of rotatable bonds is 16. The minimum Gasteiger partial charge on any atom is -0.550 e. The van der Waals surface area contributed by atoms with E-state index in [1.165, 1.54) is 0 Å². The second-order valence-electron chi connectivity index (χ2n) is 15.3. The first-order chi connectivity index (χ1) is 25.8. The van der Waals surface area contributed by atoms with E-state index >= 15 is 0 Å². The molecule has 0 spiro atoms. The van der Waals surface area contributed by atoms with Crippen molar-refractivity contribution < 1.29 is 83.4 Å². The van der Waals surface area contributed by atoms with Crippen LogP contribution in [0.1, 0.15) is 103 Å². The number of ketones is 1. The molecule has 302 valence electrons. The molecule has 13 heteroatoms. The quantitative estimate of drug-likeness (QED) is 0.129. The Morgan fingerprint density at radius 3 is 2.11 bits per heavy atom. The molecule has 0 aliphatic heterocycles. The van der Waals surface area contributed by atoms with Gasteiger partial charge in [-0.25, -0.2) is 4.79 Å². The molecule has 0 radical (unpaired) electrons. The molecule has 0 saturated heterocycles. The van der Waals surface area contributed by atoms with Crippen molar-refractivity contribution in [1.82, 2.24) is 0 Å². The first-order valence-electron chi connectivity index (χ1n) is 19.0. The molecule has 0 aromatic heterocycles. The standard InChI is InChI=1S/C23H36O7.C20H21ClO4.Na/c1-4-13(2)23(29)30-20-11-17(25)9-15-6-5-14(3)19(22(15)20)8-7-16(24)10-18(26)12-21(27)28;1-13(2)24-19(23)20(3,4)25-17-11-7-15(8-12-17)18(22)14-5-9-16(21)10-6-14;/h5-6,9,13-14,16-20,22,24-26H,4,7-8,10-12H2,1-3H3,(H,27,28);5-13H,1-4H3;/q;;+1/p-1/t13-,14-,16+,17+,18+,19-,20-,22-;;/m0../s1. The normalized spacial score (nSPS) is 21.8. The van der Waals surface area contributed by atoms with Crippen molar-refractivity contribution in [3.05, 3.63) is 88.5 Å². The van der Waals surface area contributed by atoms with Crippen molar-refractivity contribution >= 4 is 35.3 Å². The van der Waals surface area contributed by atoms with Gasteiger partial charge in [-0.2, -0.15) is 0 Å². The van der Waals surface area contributed by atoms with Gasteiger partial charge in [0.1, 0.15) is 11.9 Å². The summed E-state index contributed by atoms with van der Waals surface area (Å²) in [5.41, 5.74) is 0.910. The second kappa shape index (κ2) is 22.8. The number of carbonyl (C=O) groups is 4. The van der Waals surface area contributed by atoms with Gasteiger partial charge in [0.05, 0.1) is 30.3 Å². The number of aliphatic hydroxyl groups is 3. The van der Waals surface area contributed by atoms with Gasteiger partial charge in [0.2, 0.25) is 0 Å². The number of carboxylic acids is 1. The van der Waals surface area contributed by atoms with Gasteiger partial charge >= 0.3 is 41.5 Å². The van der Waals surface area contributed by atoms with Crippen LogP contribution >= 0.6 is 11.6 Å². The average molecular weight is 807 g/mol. The Morgan fingerprint density at radius 1 is 0.964 bits per heavy atom. The van der Waals surface area contributed by atoms with Crippen molar-refractivity contribution in [2.45, 2.75) is 123 Å². The van der Waals surface area contributed by atoms with E-state index in [9.17, 15) is 39.6 Å². The van der Waals surface area contributed by atoms with Crippen LogP contribution in [-0.4, -0.2) is 75.1 Å². The molecular formula is C43H56ClNaO11. The fourth-order valence-electron chi connectivity index (χ4n) is 6.65. The van der Waals surface area contributed by atoms with Crippen molar-refractivity contribution in [3.63, 3.8) is 0 Å². The maximum absolute atomic E-state index is 12.4. The van der Waals surface area contributed by atoms with Crippen LogP contribution in [0, 0.1) is 23.7 Å². The molecule has 56 heavy (non-hydrogen) atoms. The van der Waals surface area contributed by atoms with Crippen LogP contribution in [0.5, 0.6) is 5.75 Å². The van der Waals surface area contributed by atoms with Gasteiger partial charge < -0.3 is 39.4 Å². The number of hydrogen-bond donors (Lipinski definition) is 3. The van der Waals surface area contributed by atoms with E-state index in [2.05, 4.69) is 13.0 Å². The molecule has 8 atom stereocenters. The number of hydrogen-bond acceptors (Lipinski definition) is 11. The number of fused-ring (bicyclic) bond motifs is 1. The van der Waals surface area contributed by atoms with Crippen LogP contribution in [-0.2, 0) is 23.9 Å². The Kier molecular flexibility index (Phi) is 20.0. The molecule has 2 aliphatic carbocycles. The maximum atomic E-state index is 12.4. The summed E-state index contributed by atoms with van der Waals surface area (Å²) in [6, 6.07) is 13.4. The molecule has 11 nitrogen and oxygen atoms in total. The third-order valence-electron chi connectivity index (χ3n) is 9.87. The molecule has 4 rings (SSSR count). The largest absolute Gasteiger partial charge is 1.00 e. The molecular weight excluding hydrogens is 751 g/mol. The number of allylic oxidation sites excluding steroid dienone is 2. The van der Waals surface area contributed by atoms with E-state index in [4.69, 9.17) is 25.8 Å². The van der Waals surface area contributed by atoms with Gasteiger partial charge in [-0.3, -0.25) is 9.59 Å². The number of ether oxygens (including phenoxy) is 3. The average Bonchev–Trinajstić information content (AvgIpc) is 3.10. The van der Waals surface area contributed by atoms with Gasteiger partial charge in [0, 0.05) is 40.9 Å². The van der Waals surface area contributed by atoms with Gasteiger partial charge in [-0.1, -0.05) is 50.6 Å². The molecule has 2 aliphatic rings. The number of aliphatic carboxylic acids is 1. The molecule has 3 N–H and O–H groups in total. The predicted molar refractivity (Wildman–Crippen MR) is 206 cm³/mol. The Bertz CT molecular complexity index is 1650. The van der Waals surface area contributed by atoms with Crippen LogP contribution in [0.3, 0.4) is 0 Å². The van der Waals surface area contributed by atoms with Crippen LogP contribution in [0.15, 0.2) is 72.3 Å². The minimum absolute atomic E-state index is 0. The van der Waals surface area contributed by atoms with Crippen molar-refractivity contribution in [2.75, 3.05) is 0 Å². The summed E-state index contributed by atoms with van der Waals surface area (Å²) in [7, 11) is 0. The minimum atomic E-state index is -1.35. The molecule has 0 bridgehead atoms. The van der Waals surface area contributed by atoms with E-state index in [0.717, 1.165) is 5.57 Å². The molecule has 0 heterocycles. The van der Waals surface area contributed by atoms with E-state index in [1.54, 1.807) is 76.2 Å². The number of esters is 2. The molecule has 0 fully saturated rings. The van der Waals surface area contributed by atoms with Gasteiger partial charge in [-0.15, -0.1) is 0 Å². The van der Waals surface area contributed by atoms with Gasteiger partial charge in [0.15, 0.2) is 11.4 Å². The smallest absolute Gasteiger partial charge is 0.550 e. The van der Waals surface area contributed by atoms with E-state index in [1.807, 2.05) is 26.0 Å². The third-order valence-corrected chi connectivity index (χ3v) is 10.1. The zero-order valence-electron chi connectivity index (χ0n) is 33.8. The number of halogens is 1. The monoisotopic (exact) mass is 806 g/mol. The summed E-state index contributed by atoms with van der Waals surface area (Å²) >= 11 is 5.84. The Labute approximate surface area is 357 Å². The topological polar surface area (TPSA) is 180 Å². The van der Waals surface area contributed by atoms with E-state index < -0.39 is 48.4 Å². The summed E-state index contributed by atoms with van der Waals surface area (Å²) in [5.74, 6) is -1.67. The molecule has 0 saturated carbocycles. The first-order valence-corrected chi connectivity index (χ1v) is 19.3. The predicted octanol–water partition coefficient (Wildman–Crippen LogP) is 2.79. The summed E-state index contributed by atoms with van der Waals surface area (Å²) in [5, 5.41) is 41.4. The fraction of sp³-hybridized carbons (Fsp3) is 0.535. The van der Waals surface area contributed by atoms with Gasteiger partial charge in [-0.05, 0) is 119 Å². The number of aliphatic hydroxyl groups excluding tert-OH is 3. The fourth-order valence-corrected chi connectivity index (χ4v) is 6.77. The SMILES string of the molecule is CC(C)OC(=O)C(C)(C)Oc1ccc(C(=O)c2ccc(Cl)cc2)cc1.CC[C@H](C)C(=O)O[C@H]1C[C@H](O)C=C2C=C[C@H](C)[C@H](CC[C@@H](O)C[C@@H](O)CC(=O)[O-])[C@H]21.[Na+]. The van der Waals surface area contributed by atoms with E-state index in [0.29, 0.717) is 47.6 Å². The van der Waals surface area contributed by atoms with Crippen LogP contribution in [0.4, 0.5) is 0 Å². The first kappa shape index (κ1) is 49.1. The number of carboxylic acid groups (broad SMARTS) is 1. The van der Waals surface area contributed by atoms with Crippen molar-refractivity contribution in [3.8, 4) is 5.75 Å². The van der Waals surface area contributed by atoms with Crippen molar-refractivity contribution in [1.29, 1.82) is 0 Å². The summed E-state index contributed by atoms with van der Waals surface area (Å²) in [6.45, 7) is 12.7. The summed E-state index contributed by atoms with van der Waals surface area (Å²) in [6.07, 6.45) is 4.10. The summed E-state index contributed by atoms with van der Waals surface area (Å²) < 4.78 is 16.7.